The lowest BCUT2D eigenvalue weighted by Crippen LogP contribution is -2.47. The molecule has 1 atom stereocenters. The van der Waals surface area contributed by atoms with E-state index in [-0.39, 0.29) is 23.9 Å². The number of nitrogens with one attached hydrogen (secondary N) is 2. The second-order valence-electron chi connectivity index (χ2n) is 8.46. The lowest BCUT2D eigenvalue weighted by molar-refractivity contribution is -0.154. The van der Waals surface area contributed by atoms with Crippen molar-refractivity contribution in [1.29, 1.82) is 0 Å². The van der Waals surface area contributed by atoms with E-state index in [4.69, 9.17) is 4.74 Å². The summed E-state index contributed by atoms with van der Waals surface area (Å²) in [4.78, 5) is 51.6. The second kappa shape index (κ2) is 13.2. The van der Waals surface area contributed by atoms with Gasteiger partial charge in [-0.3, -0.25) is 14.4 Å². The molecule has 2 aromatic carbocycles. The first-order valence-corrected chi connectivity index (χ1v) is 11.5. The number of ether oxygens (including phenoxy) is 1. The average Bonchev–Trinajstić information content (AvgIpc) is 2.82. The van der Waals surface area contributed by atoms with Crippen LogP contribution in [0.5, 0.6) is 0 Å². The van der Waals surface area contributed by atoms with Crippen molar-refractivity contribution in [3.8, 4) is 0 Å². The molecule has 0 aliphatic carbocycles. The number of nitrogens with zero attached hydrogens (tertiary/aromatic N) is 1. The molecule has 0 radical (unpaired) electrons. The third-order valence-electron chi connectivity index (χ3n) is 5.26. The van der Waals surface area contributed by atoms with Crippen molar-refractivity contribution in [1.82, 2.24) is 10.2 Å². The molecule has 1 unspecified atom stereocenters. The SMILES string of the molecule is CCCN(CC(=O)Nc1ccccc1C)C(=O)COC(=O)C(NC(=O)c1ccccc1F)C(C)C. The number of para-hydroxylation sites is 1. The van der Waals surface area contributed by atoms with Gasteiger partial charge in [-0.05, 0) is 43.0 Å². The van der Waals surface area contributed by atoms with E-state index in [1.165, 1.54) is 23.1 Å². The molecule has 0 aromatic heterocycles. The number of hydrogen-bond acceptors (Lipinski definition) is 5. The number of halogens is 1. The van der Waals surface area contributed by atoms with Gasteiger partial charge in [0.2, 0.25) is 5.91 Å². The molecule has 0 spiro atoms. The molecule has 2 N–H and O–H groups in total. The molecule has 3 amide bonds. The summed E-state index contributed by atoms with van der Waals surface area (Å²) in [6.07, 6.45) is 0.602. The van der Waals surface area contributed by atoms with Gasteiger partial charge in [-0.1, -0.05) is 51.1 Å². The van der Waals surface area contributed by atoms with E-state index >= 15 is 0 Å². The van der Waals surface area contributed by atoms with E-state index in [1.54, 1.807) is 26.0 Å². The van der Waals surface area contributed by atoms with Crippen LogP contribution in [0, 0.1) is 18.7 Å². The average molecular weight is 486 g/mol. The van der Waals surface area contributed by atoms with Crippen molar-refractivity contribution < 1.29 is 28.3 Å². The first kappa shape index (κ1) is 27.5. The fourth-order valence-corrected chi connectivity index (χ4v) is 3.31. The molecule has 9 heteroatoms. The second-order valence-corrected chi connectivity index (χ2v) is 8.46. The van der Waals surface area contributed by atoms with E-state index < -0.39 is 36.2 Å². The number of anilines is 1. The summed E-state index contributed by atoms with van der Waals surface area (Å²) >= 11 is 0. The molecule has 188 valence electrons. The van der Waals surface area contributed by atoms with E-state index in [2.05, 4.69) is 10.6 Å². The van der Waals surface area contributed by atoms with Crippen LogP contribution in [0.4, 0.5) is 10.1 Å². The lowest BCUT2D eigenvalue weighted by atomic mass is 10.0. The van der Waals surface area contributed by atoms with Gasteiger partial charge in [0, 0.05) is 12.2 Å². The van der Waals surface area contributed by atoms with Crippen molar-refractivity contribution >= 4 is 29.4 Å². The Morgan fingerprint density at radius 3 is 2.31 bits per heavy atom. The van der Waals surface area contributed by atoms with E-state index in [0.717, 1.165) is 11.6 Å². The monoisotopic (exact) mass is 485 g/mol. The largest absolute Gasteiger partial charge is 0.454 e. The van der Waals surface area contributed by atoms with Crippen LogP contribution < -0.4 is 10.6 Å². The Morgan fingerprint density at radius 2 is 1.69 bits per heavy atom. The minimum absolute atomic E-state index is 0.198. The predicted molar refractivity (Wildman–Crippen MR) is 130 cm³/mol. The number of aryl methyl sites for hydroxylation is 1. The lowest BCUT2D eigenvalue weighted by Gasteiger charge is -2.24. The molecule has 0 heterocycles. The summed E-state index contributed by atoms with van der Waals surface area (Å²) in [5.74, 6) is -3.58. The zero-order valence-corrected chi connectivity index (χ0v) is 20.5. The maximum atomic E-state index is 13.9. The summed E-state index contributed by atoms with van der Waals surface area (Å²) < 4.78 is 19.1. The van der Waals surface area contributed by atoms with Crippen LogP contribution in [0.15, 0.2) is 48.5 Å². The molecule has 0 saturated carbocycles. The Morgan fingerprint density at radius 1 is 1.03 bits per heavy atom. The molecule has 0 fully saturated rings. The van der Waals surface area contributed by atoms with Crippen LogP contribution >= 0.6 is 0 Å². The third-order valence-corrected chi connectivity index (χ3v) is 5.26. The highest BCUT2D eigenvalue weighted by atomic mass is 19.1. The molecule has 0 aliphatic heterocycles. The number of rotatable bonds is 11. The third kappa shape index (κ3) is 8.20. The number of carbonyl (C=O) groups is 4. The minimum atomic E-state index is -1.08. The standard InChI is InChI=1S/C26H32FN3O5/c1-5-14-30(15-22(31)28-21-13-9-6-10-18(21)4)23(32)16-35-26(34)24(17(2)3)29-25(33)19-11-7-8-12-20(19)27/h6-13,17,24H,5,14-16H2,1-4H3,(H,28,31)(H,29,33). The highest BCUT2D eigenvalue weighted by molar-refractivity contribution is 5.97. The van der Waals surface area contributed by atoms with Gasteiger partial charge in [-0.2, -0.15) is 0 Å². The molecule has 0 aliphatic rings. The predicted octanol–water partition coefficient (Wildman–Crippen LogP) is 3.31. The Balaban J connectivity index is 1.97. The number of benzene rings is 2. The molecule has 8 nitrogen and oxygen atoms in total. The minimum Gasteiger partial charge on any atom is -0.454 e. The summed E-state index contributed by atoms with van der Waals surface area (Å²) in [6.45, 7) is 6.61. The Labute approximate surface area is 204 Å². The van der Waals surface area contributed by atoms with Gasteiger partial charge in [0.15, 0.2) is 6.61 Å². The zero-order valence-electron chi connectivity index (χ0n) is 20.5. The maximum Gasteiger partial charge on any atom is 0.329 e. The fraction of sp³-hybridized carbons (Fsp3) is 0.385. The Bertz CT molecular complexity index is 1060. The van der Waals surface area contributed by atoms with Crippen LogP contribution in [0.2, 0.25) is 0 Å². The number of esters is 1. The summed E-state index contributed by atoms with van der Waals surface area (Å²) in [5.41, 5.74) is 1.34. The summed E-state index contributed by atoms with van der Waals surface area (Å²) in [6, 6.07) is 11.6. The van der Waals surface area contributed by atoms with E-state index in [0.29, 0.717) is 18.7 Å². The molecule has 2 aromatic rings. The van der Waals surface area contributed by atoms with Gasteiger partial charge >= 0.3 is 5.97 Å². The fourth-order valence-electron chi connectivity index (χ4n) is 3.31. The number of hydrogen-bond donors (Lipinski definition) is 2. The topological polar surface area (TPSA) is 105 Å². The molecule has 2 rings (SSSR count). The summed E-state index contributed by atoms with van der Waals surface area (Å²) in [5, 5.41) is 5.25. The van der Waals surface area contributed by atoms with Crippen molar-refractivity contribution in [3.63, 3.8) is 0 Å². The molecule has 0 bridgehead atoms. The van der Waals surface area contributed by atoms with Crippen molar-refractivity contribution in [2.24, 2.45) is 5.92 Å². The molecular formula is C26H32FN3O5. The van der Waals surface area contributed by atoms with Crippen molar-refractivity contribution in [2.45, 2.75) is 40.2 Å². The van der Waals surface area contributed by atoms with Gasteiger partial charge in [0.25, 0.3) is 11.8 Å². The van der Waals surface area contributed by atoms with Crippen LogP contribution in [0.3, 0.4) is 0 Å². The first-order valence-electron chi connectivity index (χ1n) is 11.5. The van der Waals surface area contributed by atoms with E-state index in [1.807, 2.05) is 26.0 Å². The van der Waals surface area contributed by atoms with Crippen LogP contribution in [-0.4, -0.2) is 54.3 Å². The highest BCUT2D eigenvalue weighted by Gasteiger charge is 2.28. The Hall–Kier alpha value is -3.75. The van der Waals surface area contributed by atoms with Gasteiger partial charge in [0.1, 0.15) is 11.9 Å². The van der Waals surface area contributed by atoms with Crippen LogP contribution in [-0.2, 0) is 19.1 Å². The van der Waals surface area contributed by atoms with Gasteiger partial charge in [-0.25, -0.2) is 9.18 Å². The Kier molecular flexibility index (Phi) is 10.4. The first-order chi connectivity index (χ1) is 16.6. The smallest absolute Gasteiger partial charge is 0.329 e. The number of carbonyl (C=O) groups excluding carboxylic acids is 4. The molecule has 35 heavy (non-hydrogen) atoms. The van der Waals surface area contributed by atoms with Crippen LogP contribution in [0.1, 0.15) is 43.1 Å². The van der Waals surface area contributed by atoms with Crippen molar-refractivity contribution in [2.75, 3.05) is 25.0 Å². The molecule has 0 saturated heterocycles. The zero-order chi connectivity index (χ0) is 26.0. The van der Waals surface area contributed by atoms with Crippen LogP contribution in [0.25, 0.3) is 0 Å². The molecular weight excluding hydrogens is 453 g/mol. The van der Waals surface area contributed by atoms with E-state index in [9.17, 15) is 23.6 Å². The van der Waals surface area contributed by atoms with Crippen molar-refractivity contribution in [3.05, 3.63) is 65.5 Å². The highest BCUT2D eigenvalue weighted by Crippen LogP contribution is 2.13. The quantitative estimate of drug-likeness (QED) is 0.475. The van der Waals surface area contributed by atoms with Gasteiger partial charge in [0.05, 0.1) is 12.1 Å². The summed E-state index contributed by atoms with van der Waals surface area (Å²) in [7, 11) is 0. The van der Waals surface area contributed by atoms with Gasteiger partial charge < -0.3 is 20.3 Å². The maximum absolute atomic E-state index is 13.9. The number of amides is 3. The normalized spacial score (nSPS) is 11.5. The van der Waals surface area contributed by atoms with Gasteiger partial charge in [-0.15, -0.1) is 0 Å².